The molecule has 4 heteroatoms. The van der Waals surface area contributed by atoms with Crippen LogP contribution in [-0.2, 0) is 17.6 Å². The largest absolute Gasteiger partial charge is 0.399 e. The van der Waals surface area contributed by atoms with Crippen molar-refractivity contribution >= 4 is 22.9 Å². The molecular weight excluding hydrogens is 304 g/mol. The summed E-state index contributed by atoms with van der Waals surface area (Å²) in [7, 11) is 0. The van der Waals surface area contributed by atoms with Gasteiger partial charge in [-0.3, -0.25) is 4.79 Å². The minimum atomic E-state index is 0.255. The monoisotopic (exact) mass is 328 g/mol. The van der Waals surface area contributed by atoms with Crippen LogP contribution in [0.1, 0.15) is 36.1 Å². The van der Waals surface area contributed by atoms with E-state index in [1.54, 1.807) is 0 Å². The van der Waals surface area contributed by atoms with Crippen molar-refractivity contribution in [3.63, 3.8) is 0 Å². The minimum Gasteiger partial charge on any atom is -0.399 e. The van der Waals surface area contributed by atoms with E-state index in [9.17, 15) is 4.79 Å². The summed E-state index contributed by atoms with van der Waals surface area (Å²) in [5, 5.41) is 2.13. The summed E-state index contributed by atoms with van der Waals surface area (Å²) < 4.78 is 0. The molecule has 1 amide bonds. The van der Waals surface area contributed by atoms with Gasteiger partial charge in [0.25, 0.3) is 0 Å². The van der Waals surface area contributed by atoms with Crippen LogP contribution in [-0.4, -0.2) is 23.4 Å². The maximum absolute atomic E-state index is 12.7. The van der Waals surface area contributed by atoms with Crippen molar-refractivity contribution in [3.8, 4) is 0 Å². The third-order valence-electron chi connectivity index (χ3n) is 4.59. The molecule has 1 fully saturated rings. The first-order valence-corrected chi connectivity index (χ1v) is 9.26. The number of benzene rings is 1. The molecule has 3 nitrogen and oxygen atoms in total. The standard InChI is InChI=1S/C19H24N2OS/c20-16-8-6-15(7-9-16)14-19(22)21-12-2-1-4-17(21)10-11-18-5-3-13-23-18/h3,5-9,13,17H,1-2,4,10-12,14,20H2. The average Bonchev–Trinajstić information content (AvgIpc) is 3.09. The van der Waals surface area contributed by atoms with Crippen molar-refractivity contribution in [2.75, 3.05) is 12.3 Å². The summed E-state index contributed by atoms with van der Waals surface area (Å²) in [6, 6.07) is 12.3. The molecule has 23 heavy (non-hydrogen) atoms. The van der Waals surface area contributed by atoms with Crippen LogP contribution < -0.4 is 5.73 Å². The van der Waals surface area contributed by atoms with Crippen LogP contribution >= 0.6 is 11.3 Å². The summed E-state index contributed by atoms with van der Waals surface area (Å²) in [4.78, 5) is 16.3. The van der Waals surface area contributed by atoms with Crippen molar-refractivity contribution in [1.29, 1.82) is 0 Å². The fraction of sp³-hybridized carbons (Fsp3) is 0.421. The smallest absolute Gasteiger partial charge is 0.227 e. The Bertz CT molecular complexity index is 621. The molecule has 1 unspecified atom stereocenters. The Labute approximate surface area is 142 Å². The summed E-state index contributed by atoms with van der Waals surface area (Å²) in [6.45, 7) is 0.906. The van der Waals surface area contributed by atoms with Crippen LogP contribution in [0.4, 0.5) is 5.69 Å². The van der Waals surface area contributed by atoms with Gasteiger partial charge in [0.2, 0.25) is 5.91 Å². The molecule has 2 N–H and O–H groups in total. The Balaban J connectivity index is 1.60. The molecule has 1 saturated heterocycles. The molecule has 2 aromatic rings. The quantitative estimate of drug-likeness (QED) is 0.847. The molecule has 0 saturated carbocycles. The predicted molar refractivity (Wildman–Crippen MR) is 96.6 cm³/mol. The van der Waals surface area contributed by atoms with Gasteiger partial charge in [-0.05, 0) is 61.2 Å². The van der Waals surface area contributed by atoms with Crippen molar-refractivity contribution in [1.82, 2.24) is 4.90 Å². The van der Waals surface area contributed by atoms with Gasteiger partial charge in [-0.15, -0.1) is 11.3 Å². The molecule has 0 aliphatic carbocycles. The van der Waals surface area contributed by atoms with Gasteiger partial charge >= 0.3 is 0 Å². The fourth-order valence-corrected chi connectivity index (χ4v) is 4.03. The lowest BCUT2D eigenvalue weighted by Gasteiger charge is -2.36. The number of carbonyl (C=O) groups is 1. The molecule has 1 aliphatic heterocycles. The number of piperidine rings is 1. The average molecular weight is 328 g/mol. The topological polar surface area (TPSA) is 46.3 Å². The number of thiophene rings is 1. The molecule has 0 spiro atoms. The van der Waals surface area contributed by atoms with Crippen LogP contribution in [0.15, 0.2) is 41.8 Å². The SMILES string of the molecule is Nc1ccc(CC(=O)N2CCCCC2CCc2cccs2)cc1. The van der Waals surface area contributed by atoms with E-state index in [2.05, 4.69) is 22.4 Å². The molecule has 3 rings (SSSR count). The number of nitrogens with two attached hydrogens (primary N) is 1. The molecule has 0 radical (unpaired) electrons. The number of nitrogens with zero attached hydrogens (tertiary/aromatic N) is 1. The first-order chi connectivity index (χ1) is 11.2. The Hall–Kier alpha value is -1.81. The fourth-order valence-electron chi connectivity index (χ4n) is 3.30. The third kappa shape index (κ3) is 4.35. The second kappa shape index (κ2) is 7.64. The predicted octanol–water partition coefficient (Wildman–Crippen LogP) is 3.89. The number of carbonyl (C=O) groups excluding carboxylic acids is 1. The second-order valence-electron chi connectivity index (χ2n) is 6.27. The highest BCUT2D eigenvalue weighted by Crippen LogP contribution is 2.23. The van der Waals surface area contributed by atoms with E-state index in [1.165, 1.54) is 11.3 Å². The van der Waals surface area contributed by atoms with Gasteiger partial charge in [-0.2, -0.15) is 0 Å². The Morgan fingerprint density at radius 3 is 2.78 bits per heavy atom. The van der Waals surface area contributed by atoms with Gasteiger partial charge < -0.3 is 10.6 Å². The molecule has 0 bridgehead atoms. The zero-order valence-corrected chi connectivity index (χ0v) is 14.2. The number of hydrogen-bond acceptors (Lipinski definition) is 3. The first kappa shape index (κ1) is 16.1. The lowest BCUT2D eigenvalue weighted by molar-refractivity contribution is -0.134. The maximum Gasteiger partial charge on any atom is 0.227 e. The molecule has 2 heterocycles. The number of amides is 1. The maximum atomic E-state index is 12.7. The molecule has 1 aromatic heterocycles. The van der Waals surface area contributed by atoms with Crippen LogP contribution in [0.25, 0.3) is 0 Å². The van der Waals surface area contributed by atoms with Gasteiger partial charge in [-0.25, -0.2) is 0 Å². The number of rotatable bonds is 5. The van der Waals surface area contributed by atoms with E-state index in [4.69, 9.17) is 5.73 Å². The third-order valence-corrected chi connectivity index (χ3v) is 5.52. The van der Waals surface area contributed by atoms with E-state index in [-0.39, 0.29) is 5.91 Å². The van der Waals surface area contributed by atoms with Crippen LogP contribution in [0.5, 0.6) is 0 Å². The molecule has 1 atom stereocenters. The first-order valence-electron chi connectivity index (χ1n) is 8.38. The lowest BCUT2D eigenvalue weighted by Crippen LogP contribution is -2.44. The van der Waals surface area contributed by atoms with E-state index < -0.39 is 0 Å². The van der Waals surface area contributed by atoms with Gasteiger partial charge in [0.15, 0.2) is 0 Å². The number of anilines is 1. The summed E-state index contributed by atoms with van der Waals surface area (Å²) in [5.41, 5.74) is 7.51. The molecule has 1 aromatic carbocycles. The normalized spacial score (nSPS) is 18.1. The van der Waals surface area contributed by atoms with E-state index in [0.717, 1.165) is 43.5 Å². The van der Waals surface area contributed by atoms with Gasteiger partial charge in [0.05, 0.1) is 6.42 Å². The van der Waals surface area contributed by atoms with Gasteiger partial charge in [0.1, 0.15) is 0 Å². The summed E-state index contributed by atoms with van der Waals surface area (Å²) >= 11 is 1.81. The molecular formula is C19H24N2OS. The van der Waals surface area contributed by atoms with Gasteiger partial charge in [-0.1, -0.05) is 18.2 Å². The Morgan fingerprint density at radius 1 is 1.22 bits per heavy atom. The van der Waals surface area contributed by atoms with Crippen molar-refractivity contribution < 1.29 is 4.79 Å². The highest BCUT2D eigenvalue weighted by Gasteiger charge is 2.26. The minimum absolute atomic E-state index is 0.255. The van der Waals surface area contributed by atoms with Crippen LogP contribution in [0, 0.1) is 0 Å². The van der Waals surface area contributed by atoms with Crippen LogP contribution in [0.2, 0.25) is 0 Å². The highest BCUT2D eigenvalue weighted by molar-refractivity contribution is 7.09. The zero-order chi connectivity index (χ0) is 16.1. The lowest BCUT2D eigenvalue weighted by atomic mass is 9.96. The van der Waals surface area contributed by atoms with Gasteiger partial charge in [0, 0.05) is 23.2 Å². The number of aryl methyl sites for hydroxylation is 1. The van der Waals surface area contributed by atoms with Crippen molar-refractivity contribution in [3.05, 3.63) is 52.2 Å². The van der Waals surface area contributed by atoms with E-state index >= 15 is 0 Å². The molecule has 1 aliphatic rings. The van der Waals surface area contributed by atoms with Crippen molar-refractivity contribution in [2.45, 2.75) is 44.6 Å². The summed E-state index contributed by atoms with van der Waals surface area (Å²) in [5.74, 6) is 0.255. The number of nitrogen functional groups attached to an aromatic ring is 1. The van der Waals surface area contributed by atoms with E-state index in [0.29, 0.717) is 12.5 Å². The van der Waals surface area contributed by atoms with E-state index in [1.807, 2.05) is 35.6 Å². The Kier molecular flexibility index (Phi) is 5.34. The summed E-state index contributed by atoms with van der Waals surface area (Å²) in [6.07, 6.45) is 6.14. The molecule has 122 valence electrons. The van der Waals surface area contributed by atoms with Crippen molar-refractivity contribution in [2.24, 2.45) is 0 Å². The number of likely N-dealkylation sites (tertiary alicyclic amines) is 1. The highest BCUT2D eigenvalue weighted by atomic mass is 32.1. The Morgan fingerprint density at radius 2 is 2.04 bits per heavy atom. The zero-order valence-electron chi connectivity index (χ0n) is 13.4. The van der Waals surface area contributed by atoms with Crippen LogP contribution in [0.3, 0.4) is 0 Å². The number of hydrogen-bond donors (Lipinski definition) is 1. The second-order valence-corrected chi connectivity index (χ2v) is 7.31.